The molecule has 88 valence electrons. The van der Waals surface area contributed by atoms with Gasteiger partial charge in [0.05, 0.1) is 5.39 Å². The summed E-state index contributed by atoms with van der Waals surface area (Å²) in [5.41, 5.74) is 0.326. The zero-order valence-corrected chi connectivity index (χ0v) is 8.67. The SMILES string of the molecule is O=C(O)c1oc2cc(F)cc(F)c2c1C1CC1. The first kappa shape index (κ1) is 10.3. The summed E-state index contributed by atoms with van der Waals surface area (Å²) in [6.45, 7) is 0. The summed E-state index contributed by atoms with van der Waals surface area (Å²) in [4.78, 5) is 11.0. The van der Waals surface area contributed by atoms with Gasteiger partial charge in [-0.25, -0.2) is 13.6 Å². The molecule has 1 fully saturated rings. The van der Waals surface area contributed by atoms with Crippen LogP contribution in [-0.2, 0) is 0 Å². The molecule has 1 heterocycles. The molecule has 1 saturated carbocycles. The maximum atomic E-state index is 13.7. The second-order valence-corrected chi connectivity index (χ2v) is 4.19. The minimum absolute atomic E-state index is 0.0160. The van der Waals surface area contributed by atoms with Crippen LogP contribution in [0, 0.1) is 11.6 Å². The van der Waals surface area contributed by atoms with E-state index in [1.54, 1.807) is 0 Å². The van der Waals surface area contributed by atoms with Gasteiger partial charge in [-0.1, -0.05) is 0 Å². The van der Waals surface area contributed by atoms with Crippen molar-refractivity contribution in [1.29, 1.82) is 0 Å². The van der Waals surface area contributed by atoms with Gasteiger partial charge in [-0.2, -0.15) is 0 Å². The molecule has 0 spiro atoms. The van der Waals surface area contributed by atoms with Crippen LogP contribution in [0.4, 0.5) is 8.78 Å². The van der Waals surface area contributed by atoms with E-state index in [-0.39, 0.29) is 22.6 Å². The Hall–Kier alpha value is -1.91. The molecule has 2 aromatic rings. The zero-order chi connectivity index (χ0) is 12.2. The van der Waals surface area contributed by atoms with E-state index in [1.807, 2.05) is 0 Å². The Morgan fingerprint density at radius 1 is 1.35 bits per heavy atom. The topological polar surface area (TPSA) is 50.4 Å². The molecule has 0 atom stereocenters. The van der Waals surface area contributed by atoms with Crippen molar-refractivity contribution >= 4 is 16.9 Å². The minimum atomic E-state index is -1.25. The van der Waals surface area contributed by atoms with Crippen molar-refractivity contribution in [2.75, 3.05) is 0 Å². The fraction of sp³-hybridized carbons (Fsp3) is 0.250. The van der Waals surface area contributed by atoms with Crippen molar-refractivity contribution in [3.63, 3.8) is 0 Å². The summed E-state index contributed by atoms with van der Waals surface area (Å²) >= 11 is 0. The lowest BCUT2D eigenvalue weighted by atomic mass is 10.1. The highest BCUT2D eigenvalue weighted by molar-refractivity contribution is 5.96. The Bertz CT molecular complexity index is 626. The highest BCUT2D eigenvalue weighted by atomic mass is 19.1. The zero-order valence-electron chi connectivity index (χ0n) is 8.67. The number of rotatable bonds is 2. The minimum Gasteiger partial charge on any atom is -0.475 e. The van der Waals surface area contributed by atoms with E-state index < -0.39 is 17.6 Å². The van der Waals surface area contributed by atoms with Crippen molar-refractivity contribution in [2.24, 2.45) is 0 Å². The van der Waals surface area contributed by atoms with E-state index in [0.717, 1.165) is 25.0 Å². The highest BCUT2D eigenvalue weighted by Crippen LogP contribution is 2.46. The second kappa shape index (κ2) is 3.29. The van der Waals surface area contributed by atoms with Gasteiger partial charge in [0, 0.05) is 17.7 Å². The number of aromatic carboxylic acids is 1. The van der Waals surface area contributed by atoms with Crippen molar-refractivity contribution in [1.82, 2.24) is 0 Å². The number of hydrogen-bond donors (Lipinski definition) is 1. The number of fused-ring (bicyclic) bond motifs is 1. The van der Waals surface area contributed by atoms with Crippen molar-refractivity contribution in [3.05, 3.63) is 35.1 Å². The molecule has 0 aliphatic heterocycles. The van der Waals surface area contributed by atoms with Crippen LogP contribution in [-0.4, -0.2) is 11.1 Å². The van der Waals surface area contributed by atoms with Crippen LogP contribution >= 0.6 is 0 Å². The van der Waals surface area contributed by atoms with Crippen LogP contribution in [0.25, 0.3) is 11.0 Å². The molecule has 1 aliphatic rings. The molecule has 0 radical (unpaired) electrons. The van der Waals surface area contributed by atoms with Gasteiger partial charge in [0.2, 0.25) is 5.76 Å². The molecule has 1 aromatic carbocycles. The standard InChI is InChI=1S/C12H8F2O3/c13-6-3-7(14)10-8(4-6)17-11(12(15)16)9(10)5-1-2-5/h3-5H,1-2H2,(H,15,16). The number of furan rings is 1. The molecule has 1 aliphatic carbocycles. The molecular weight excluding hydrogens is 230 g/mol. The van der Waals surface area contributed by atoms with Gasteiger partial charge in [-0.15, -0.1) is 0 Å². The Kier molecular flexibility index (Phi) is 1.98. The molecule has 0 unspecified atom stereocenters. The summed E-state index contributed by atoms with van der Waals surface area (Å²) < 4.78 is 31.7. The molecule has 1 N–H and O–H groups in total. The number of benzene rings is 1. The van der Waals surface area contributed by atoms with Crippen molar-refractivity contribution in [2.45, 2.75) is 18.8 Å². The van der Waals surface area contributed by atoms with Crippen LogP contribution in [0.5, 0.6) is 0 Å². The third kappa shape index (κ3) is 1.50. The normalized spacial score (nSPS) is 15.4. The van der Waals surface area contributed by atoms with Gasteiger partial charge in [-0.3, -0.25) is 0 Å². The molecule has 0 bridgehead atoms. The summed E-state index contributed by atoms with van der Waals surface area (Å²) in [6.07, 6.45) is 1.62. The van der Waals surface area contributed by atoms with Gasteiger partial charge in [-0.05, 0) is 18.8 Å². The van der Waals surface area contributed by atoms with E-state index in [1.165, 1.54) is 0 Å². The van der Waals surface area contributed by atoms with Crippen LogP contribution in [0.3, 0.4) is 0 Å². The predicted octanol–water partition coefficient (Wildman–Crippen LogP) is 3.29. The molecule has 5 heteroatoms. The maximum Gasteiger partial charge on any atom is 0.372 e. The number of carbonyl (C=O) groups is 1. The van der Waals surface area contributed by atoms with Gasteiger partial charge in [0.25, 0.3) is 0 Å². The van der Waals surface area contributed by atoms with Crippen LogP contribution in [0.15, 0.2) is 16.5 Å². The van der Waals surface area contributed by atoms with E-state index >= 15 is 0 Å². The van der Waals surface area contributed by atoms with E-state index in [0.29, 0.717) is 5.56 Å². The quantitative estimate of drug-likeness (QED) is 0.873. The van der Waals surface area contributed by atoms with E-state index in [2.05, 4.69) is 0 Å². The maximum absolute atomic E-state index is 13.7. The molecule has 17 heavy (non-hydrogen) atoms. The first-order valence-corrected chi connectivity index (χ1v) is 5.22. The first-order valence-electron chi connectivity index (χ1n) is 5.22. The number of carboxylic acid groups (broad SMARTS) is 1. The number of carboxylic acids is 1. The lowest BCUT2D eigenvalue weighted by molar-refractivity contribution is 0.0663. The monoisotopic (exact) mass is 238 g/mol. The summed E-state index contributed by atoms with van der Waals surface area (Å²) in [7, 11) is 0. The first-order chi connectivity index (χ1) is 8.08. The van der Waals surface area contributed by atoms with E-state index in [4.69, 9.17) is 9.52 Å². The Labute approximate surface area is 94.6 Å². The van der Waals surface area contributed by atoms with Gasteiger partial charge >= 0.3 is 5.97 Å². The van der Waals surface area contributed by atoms with Crippen molar-refractivity contribution in [3.8, 4) is 0 Å². The molecular formula is C12H8F2O3. The van der Waals surface area contributed by atoms with Crippen LogP contribution in [0.1, 0.15) is 34.9 Å². The lowest BCUT2D eigenvalue weighted by Gasteiger charge is -1.97. The molecule has 3 rings (SSSR count). The number of halogens is 2. The fourth-order valence-corrected chi connectivity index (χ4v) is 2.09. The second-order valence-electron chi connectivity index (χ2n) is 4.19. The van der Waals surface area contributed by atoms with Crippen LogP contribution < -0.4 is 0 Å². The third-order valence-electron chi connectivity index (χ3n) is 2.92. The Morgan fingerprint density at radius 2 is 2.06 bits per heavy atom. The lowest BCUT2D eigenvalue weighted by Crippen LogP contribution is -1.98. The Balaban J connectivity index is 2.38. The largest absolute Gasteiger partial charge is 0.475 e. The summed E-state index contributed by atoms with van der Waals surface area (Å²) in [5, 5.41) is 9.10. The summed E-state index contributed by atoms with van der Waals surface area (Å²) in [6, 6.07) is 1.76. The smallest absolute Gasteiger partial charge is 0.372 e. The van der Waals surface area contributed by atoms with Crippen LogP contribution in [0.2, 0.25) is 0 Å². The van der Waals surface area contributed by atoms with Gasteiger partial charge in [0.15, 0.2) is 0 Å². The molecule has 0 amide bonds. The number of hydrogen-bond acceptors (Lipinski definition) is 2. The third-order valence-corrected chi connectivity index (χ3v) is 2.92. The predicted molar refractivity (Wildman–Crippen MR) is 55.1 cm³/mol. The molecule has 1 aromatic heterocycles. The summed E-state index contributed by atoms with van der Waals surface area (Å²) in [5.74, 6) is -3.04. The highest BCUT2D eigenvalue weighted by Gasteiger charge is 2.34. The van der Waals surface area contributed by atoms with Crippen molar-refractivity contribution < 1.29 is 23.1 Å². The molecule has 0 saturated heterocycles. The Morgan fingerprint density at radius 3 is 2.65 bits per heavy atom. The fourth-order valence-electron chi connectivity index (χ4n) is 2.09. The van der Waals surface area contributed by atoms with Gasteiger partial charge in [0.1, 0.15) is 17.2 Å². The van der Waals surface area contributed by atoms with Gasteiger partial charge < -0.3 is 9.52 Å². The van der Waals surface area contributed by atoms with E-state index in [9.17, 15) is 13.6 Å². The average Bonchev–Trinajstić information content (AvgIpc) is 2.99. The molecule has 3 nitrogen and oxygen atoms in total. The average molecular weight is 238 g/mol.